The summed E-state index contributed by atoms with van der Waals surface area (Å²) in [6.45, 7) is 5.20. The van der Waals surface area contributed by atoms with Crippen molar-refractivity contribution in [3.8, 4) is 0 Å². The van der Waals surface area contributed by atoms with Crippen molar-refractivity contribution >= 4 is 23.3 Å². The van der Waals surface area contributed by atoms with Gasteiger partial charge in [-0.2, -0.15) is 0 Å². The summed E-state index contributed by atoms with van der Waals surface area (Å²) in [7, 11) is 0. The van der Waals surface area contributed by atoms with Crippen LogP contribution in [0.15, 0.2) is 18.2 Å². The molecule has 2 rings (SSSR count). The Labute approximate surface area is 112 Å². The second-order valence-corrected chi connectivity index (χ2v) is 5.51. The number of nitrogens with zero attached hydrogens (tertiary/aromatic N) is 1. The summed E-state index contributed by atoms with van der Waals surface area (Å²) in [5, 5.41) is 9.66. The number of carboxylic acid groups (broad SMARTS) is 1. The maximum absolute atomic E-state index is 10.9. The Kier molecular flexibility index (Phi) is 3.81. The van der Waals surface area contributed by atoms with Crippen molar-refractivity contribution in [3.05, 3.63) is 28.8 Å². The lowest BCUT2D eigenvalue weighted by molar-refractivity contribution is -0.137. The van der Waals surface area contributed by atoms with Crippen molar-refractivity contribution in [1.82, 2.24) is 0 Å². The lowest BCUT2D eigenvalue weighted by atomic mass is 9.87. The van der Waals surface area contributed by atoms with Crippen LogP contribution in [0, 0.1) is 0 Å². The topological polar surface area (TPSA) is 40.5 Å². The number of anilines is 1. The average Bonchev–Trinajstić information content (AvgIpc) is 2.28. The molecule has 0 aliphatic carbocycles. The third-order valence-corrected chi connectivity index (χ3v) is 3.74. The molecule has 98 valence electrons. The fourth-order valence-corrected chi connectivity index (χ4v) is 2.82. The Morgan fingerprint density at radius 1 is 1.56 bits per heavy atom. The Hall–Kier alpha value is -1.22. The molecule has 0 aromatic heterocycles. The van der Waals surface area contributed by atoms with Crippen LogP contribution in [0.4, 0.5) is 5.69 Å². The molecular formula is C14H18ClNO2. The van der Waals surface area contributed by atoms with E-state index in [2.05, 4.69) is 18.7 Å². The van der Waals surface area contributed by atoms with Gasteiger partial charge in [-0.05, 0) is 49.9 Å². The van der Waals surface area contributed by atoms with Gasteiger partial charge < -0.3 is 10.0 Å². The van der Waals surface area contributed by atoms with E-state index >= 15 is 0 Å². The number of benzene rings is 1. The number of hydrogen-bond donors (Lipinski definition) is 1. The van der Waals surface area contributed by atoms with Crippen LogP contribution >= 0.6 is 11.6 Å². The first-order valence-electron chi connectivity index (χ1n) is 6.27. The fraction of sp³-hybridized carbons (Fsp3) is 0.500. The first kappa shape index (κ1) is 13.2. The molecule has 1 atom stereocenters. The van der Waals surface area contributed by atoms with E-state index in [1.807, 2.05) is 18.2 Å². The molecule has 3 nitrogen and oxygen atoms in total. The van der Waals surface area contributed by atoms with Crippen LogP contribution in [0.2, 0.25) is 5.02 Å². The van der Waals surface area contributed by atoms with Gasteiger partial charge in [0.25, 0.3) is 0 Å². The van der Waals surface area contributed by atoms with Gasteiger partial charge in [-0.25, -0.2) is 0 Å². The van der Waals surface area contributed by atoms with Gasteiger partial charge in [-0.1, -0.05) is 11.6 Å². The second kappa shape index (κ2) is 5.19. The third kappa shape index (κ3) is 2.61. The molecule has 18 heavy (non-hydrogen) atoms. The molecule has 0 saturated carbocycles. The van der Waals surface area contributed by atoms with Crippen molar-refractivity contribution < 1.29 is 9.90 Å². The van der Waals surface area contributed by atoms with Crippen LogP contribution in [-0.2, 0) is 4.79 Å². The maximum Gasteiger partial charge on any atom is 0.303 e. The molecule has 1 heterocycles. The van der Waals surface area contributed by atoms with Crippen LogP contribution in [-0.4, -0.2) is 23.7 Å². The fourth-order valence-electron chi connectivity index (χ4n) is 2.64. The van der Waals surface area contributed by atoms with E-state index < -0.39 is 5.97 Å². The van der Waals surface area contributed by atoms with Gasteiger partial charge in [0.1, 0.15) is 0 Å². The van der Waals surface area contributed by atoms with E-state index in [1.54, 1.807) is 0 Å². The molecule has 1 aliphatic heterocycles. The molecule has 1 unspecified atom stereocenters. The van der Waals surface area contributed by atoms with E-state index in [9.17, 15) is 4.79 Å². The zero-order valence-corrected chi connectivity index (χ0v) is 11.4. The van der Waals surface area contributed by atoms with Crippen LogP contribution in [0.1, 0.15) is 38.2 Å². The van der Waals surface area contributed by atoms with Crippen LogP contribution in [0.25, 0.3) is 0 Å². The van der Waals surface area contributed by atoms with Crippen molar-refractivity contribution in [2.45, 2.75) is 38.6 Å². The van der Waals surface area contributed by atoms with Crippen LogP contribution < -0.4 is 4.90 Å². The van der Waals surface area contributed by atoms with Gasteiger partial charge in [-0.3, -0.25) is 4.79 Å². The van der Waals surface area contributed by atoms with Gasteiger partial charge in [0.15, 0.2) is 0 Å². The highest BCUT2D eigenvalue weighted by Gasteiger charge is 2.28. The Morgan fingerprint density at radius 3 is 2.89 bits per heavy atom. The zero-order chi connectivity index (χ0) is 13.3. The standard InChI is InChI=1S/C14H18ClNO2/c1-9(2)16-6-5-10(7-14(17)18)12-8-11(15)3-4-13(12)16/h3-4,8-10H,5-7H2,1-2H3,(H,17,18). The predicted octanol–water partition coefficient (Wildman–Crippen LogP) is 3.52. The SMILES string of the molecule is CC(C)N1CCC(CC(=O)O)c2cc(Cl)ccc21. The summed E-state index contributed by atoms with van der Waals surface area (Å²) < 4.78 is 0. The summed E-state index contributed by atoms with van der Waals surface area (Å²) in [6, 6.07) is 6.21. The van der Waals surface area contributed by atoms with Crippen LogP contribution in [0.5, 0.6) is 0 Å². The molecule has 0 spiro atoms. The van der Waals surface area contributed by atoms with Crippen molar-refractivity contribution in [2.75, 3.05) is 11.4 Å². The number of halogens is 1. The summed E-state index contributed by atoms with van der Waals surface area (Å²) in [5.74, 6) is -0.671. The molecule has 0 saturated heterocycles. The highest BCUT2D eigenvalue weighted by molar-refractivity contribution is 6.30. The molecule has 0 radical (unpaired) electrons. The van der Waals surface area contributed by atoms with Gasteiger partial charge >= 0.3 is 5.97 Å². The molecular weight excluding hydrogens is 250 g/mol. The minimum absolute atomic E-state index is 0.0752. The van der Waals surface area contributed by atoms with Crippen molar-refractivity contribution in [2.24, 2.45) is 0 Å². The number of fused-ring (bicyclic) bond motifs is 1. The molecule has 1 N–H and O–H groups in total. The first-order chi connectivity index (χ1) is 8.49. The van der Waals surface area contributed by atoms with E-state index in [4.69, 9.17) is 16.7 Å². The molecule has 0 fully saturated rings. The van der Waals surface area contributed by atoms with Crippen LogP contribution in [0.3, 0.4) is 0 Å². The van der Waals surface area contributed by atoms with Crippen molar-refractivity contribution in [3.63, 3.8) is 0 Å². The Bertz CT molecular complexity index is 459. The van der Waals surface area contributed by atoms with Crippen molar-refractivity contribution in [1.29, 1.82) is 0 Å². The normalized spacial score (nSPS) is 18.9. The largest absolute Gasteiger partial charge is 0.481 e. The second-order valence-electron chi connectivity index (χ2n) is 5.07. The quantitative estimate of drug-likeness (QED) is 0.911. The average molecular weight is 268 g/mol. The minimum atomic E-state index is -0.746. The summed E-state index contributed by atoms with van der Waals surface area (Å²) in [5.41, 5.74) is 2.21. The Balaban J connectivity index is 2.39. The molecule has 0 amide bonds. The van der Waals surface area contributed by atoms with Gasteiger partial charge in [0.2, 0.25) is 0 Å². The van der Waals surface area contributed by atoms with E-state index in [1.165, 1.54) is 0 Å². The monoisotopic (exact) mass is 267 g/mol. The molecule has 0 bridgehead atoms. The van der Waals surface area contributed by atoms with E-state index in [-0.39, 0.29) is 12.3 Å². The van der Waals surface area contributed by atoms with Gasteiger partial charge in [0.05, 0.1) is 6.42 Å². The predicted molar refractivity (Wildman–Crippen MR) is 73.5 cm³/mol. The zero-order valence-electron chi connectivity index (χ0n) is 10.7. The highest BCUT2D eigenvalue weighted by atomic mass is 35.5. The number of rotatable bonds is 3. The summed E-state index contributed by atoms with van der Waals surface area (Å²) in [6.07, 6.45) is 1.05. The van der Waals surface area contributed by atoms with Gasteiger partial charge in [-0.15, -0.1) is 0 Å². The van der Waals surface area contributed by atoms with E-state index in [0.717, 1.165) is 24.2 Å². The first-order valence-corrected chi connectivity index (χ1v) is 6.64. The molecule has 1 aromatic rings. The minimum Gasteiger partial charge on any atom is -0.481 e. The molecule has 1 aliphatic rings. The van der Waals surface area contributed by atoms with Gasteiger partial charge in [0, 0.05) is 23.3 Å². The molecule has 4 heteroatoms. The summed E-state index contributed by atoms with van der Waals surface area (Å²) >= 11 is 6.04. The number of carbonyl (C=O) groups is 1. The third-order valence-electron chi connectivity index (χ3n) is 3.50. The number of hydrogen-bond acceptors (Lipinski definition) is 2. The summed E-state index contributed by atoms with van der Waals surface area (Å²) in [4.78, 5) is 13.2. The lowest BCUT2D eigenvalue weighted by Crippen LogP contribution is -2.37. The number of carboxylic acids is 1. The molecule has 1 aromatic carbocycles. The maximum atomic E-state index is 10.9. The Morgan fingerprint density at radius 2 is 2.28 bits per heavy atom. The smallest absolute Gasteiger partial charge is 0.303 e. The lowest BCUT2D eigenvalue weighted by Gasteiger charge is -2.38. The highest BCUT2D eigenvalue weighted by Crippen LogP contribution is 2.39. The van der Waals surface area contributed by atoms with E-state index in [0.29, 0.717) is 11.1 Å². The number of aliphatic carboxylic acids is 1.